The molecule has 1 saturated heterocycles. The molecule has 1 fully saturated rings. The van der Waals surface area contributed by atoms with E-state index in [9.17, 15) is 9.59 Å². The Labute approximate surface area is 230 Å². The predicted molar refractivity (Wildman–Crippen MR) is 144 cm³/mol. The van der Waals surface area contributed by atoms with Crippen LogP contribution in [0.2, 0.25) is 15.1 Å². The van der Waals surface area contributed by atoms with Gasteiger partial charge in [-0.25, -0.2) is 0 Å². The zero-order valence-corrected chi connectivity index (χ0v) is 22.9. The van der Waals surface area contributed by atoms with Gasteiger partial charge in [-0.1, -0.05) is 59.1 Å². The van der Waals surface area contributed by atoms with Crippen LogP contribution in [0.5, 0.6) is 11.5 Å². The van der Waals surface area contributed by atoms with Gasteiger partial charge in [0.25, 0.3) is 11.1 Å². The van der Waals surface area contributed by atoms with Gasteiger partial charge in [0, 0.05) is 10.6 Å². The molecule has 0 bridgehead atoms. The molecule has 0 spiro atoms. The quantitative estimate of drug-likeness (QED) is 0.251. The highest BCUT2D eigenvalue weighted by Crippen LogP contribution is 2.40. The molecule has 1 aliphatic heterocycles. The van der Waals surface area contributed by atoms with E-state index in [-0.39, 0.29) is 24.3 Å². The van der Waals surface area contributed by atoms with Crippen LogP contribution in [0.15, 0.2) is 64.0 Å². The number of hydrogen-bond acceptors (Lipinski definition) is 5. The number of amides is 2. The van der Waals surface area contributed by atoms with E-state index < -0.39 is 0 Å². The molecule has 0 radical (unpaired) electrons. The number of methoxy groups -OCH3 is 1. The average Bonchev–Trinajstić information content (AvgIpc) is 3.08. The van der Waals surface area contributed by atoms with Crippen LogP contribution in [0, 0.1) is 0 Å². The van der Waals surface area contributed by atoms with Crippen LogP contribution in [-0.4, -0.2) is 23.2 Å². The first-order valence-electron chi connectivity index (χ1n) is 10.2. The molecule has 0 atom stereocenters. The lowest BCUT2D eigenvalue weighted by Crippen LogP contribution is -2.27. The predicted octanol–water partition coefficient (Wildman–Crippen LogP) is 8.23. The normalized spacial score (nSPS) is 14.7. The summed E-state index contributed by atoms with van der Waals surface area (Å²) in [5.74, 6) is 0.574. The van der Waals surface area contributed by atoms with Crippen molar-refractivity contribution in [2.24, 2.45) is 0 Å². The maximum Gasteiger partial charge on any atom is 0.293 e. The van der Waals surface area contributed by atoms with Gasteiger partial charge in [0.15, 0.2) is 11.5 Å². The lowest BCUT2D eigenvalue weighted by Gasteiger charge is -2.14. The number of carbonyl (C=O) groups is 2. The lowest BCUT2D eigenvalue weighted by atomic mass is 10.1. The molecule has 5 nitrogen and oxygen atoms in total. The third-order valence-corrected chi connectivity index (χ3v) is 7.68. The number of carbonyl (C=O) groups excluding carboxylic acids is 2. The Morgan fingerprint density at radius 3 is 2.49 bits per heavy atom. The van der Waals surface area contributed by atoms with E-state index in [1.165, 1.54) is 12.0 Å². The van der Waals surface area contributed by atoms with Crippen molar-refractivity contribution in [2.75, 3.05) is 7.11 Å². The number of imide groups is 1. The zero-order valence-electron chi connectivity index (χ0n) is 18.2. The maximum atomic E-state index is 13.0. The monoisotopic (exact) mass is 611 g/mol. The minimum absolute atomic E-state index is 0.0980. The Bertz CT molecular complexity index is 1350. The molecule has 180 valence electrons. The van der Waals surface area contributed by atoms with Crippen LogP contribution < -0.4 is 9.47 Å². The molecule has 1 heterocycles. The summed E-state index contributed by atoms with van der Waals surface area (Å²) in [6.07, 6.45) is 1.64. The minimum Gasteiger partial charge on any atom is -0.493 e. The summed E-state index contributed by atoms with van der Waals surface area (Å²) >= 11 is 22.6. The maximum absolute atomic E-state index is 13.0. The van der Waals surface area contributed by atoms with Crippen LogP contribution in [0.4, 0.5) is 4.79 Å². The SMILES string of the molecule is COc1cc(/C=C2/SC(=O)N(Cc3ccc(Cl)c(Cl)c3)C2=O)cc(Br)c1OCc1ccccc1Cl. The van der Waals surface area contributed by atoms with Crippen LogP contribution in [0.1, 0.15) is 16.7 Å². The Kier molecular flexibility index (Phi) is 8.34. The lowest BCUT2D eigenvalue weighted by molar-refractivity contribution is -0.123. The van der Waals surface area contributed by atoms with Crippen molar-refractivity contribution in [1.82, 2.24) is 4.90 Å². The Balaban J connectivity index is 1.54. The first-order valence-corrected chi connectivity index (χ1v) is 12.9. The number of rotatable bonds is 7. The summed E-state index contributed by atoms with van der Waals surface area (Å²) in [5.41, 5.74) is 2.20. The van der Waals surface area contributed by atoms with Crippen LogP contribution in [0.25, 0.3) is 6.08 Å². The number of thioether (sulfide) groups is 1. The number of halogens is 4. The standard InChI is InChI=1S/C25H17BrCl3NO4S/c1-33-21-10-15(8-17(26)23(21)34-13-16-4-2-3-5-18(16)27)11-22-24(31)30(25(32)35-22)12-14-6-7-19(28)20(29)9-14/h2-11H,12-13H2,1H3/b22-11+. The summed E-state index contributed by atoms with van der Waals surface area (Å²) < 4.78 is 12.1. The highest BCUT2D eigenvalue weighted by molar-refractivity contribution is 9.10. The van der Waals surface area contributed by atoms with E-state index in [1.807, 2.05) is 18.2 Å². The second-order valence-electron chi connectivity index (χ2n) is 7.43. The van der Waals surface area contributed by atoms with Gasteiger partial charge in [0.05, 0.1) is 33.1 Å². The summed E-state index contributed by atoms with van der Waals surface area (Å²) in [6.45, 7) is 0.350. The van der Waals surface area contributed by atoms with Crippen molar-refractivity contribution in [3.05, 3.63) is 95.7 Å². The van der Waals surface area contributed by atoms with E-state index in [0.29, 0.717) is 47.1 Å². The van der Waals surface area contributed by atoms with Gasteiger partial charge in [-0.15, -0.1) is 0 Å². The fourth-order valence-corrected chi connectivity index (χ4v) is 5.26. The molecule has 2 amide bonds. The van der Waals surface area contributed by atoms with Crippen LogP contribution >= 0.6 is 62.5 Å². The van der Waals surface area contributed by atoms with Crippen molar-refractivity contribution in [2.45, 2.75) is 13.2 Å². The highest BCUT2D eigenvalue weighted by atomic mass is 79.9. The molecule has 3 aromatic carbocycles. The topological polar surface area (TPSA) is 55.8 Å². The van der Waals surface area contributed by atoms with Crippen molar-refractivity contribution >= 4 is 79.7 Å². The van der Waals surface area contributed by atoms with E-state index in [1.54, 1.807) is 42.5 Å². The number of nitrogens with zero attached hydrogens (tertiary/aromatic N) is 1. The molecular formula is C25H17BrCl3NO4S. The summed E-state index contributed by atoms with van der Waals surface area (Å²) in [4.78, 5) is 27.0. The number of hydrogen-bond donors (Lipinski definition) is 0. The third-order valence-electron chi connectivity index (χ3n) is 5.08. The fourth-order valence-electron chi connectivity index (χ4n) is 3.34. The Hall–Kier alpha value is -2.16. The molecular weight excluding hydrogens is 597 g/mol. The average molecular weight is 614 g/mol. The van der Waals surface area contributed by atoms with Crippen molar-refractivity contribution < 1.29 is 19.1 Å². The molecule has 4 rings (SSSR count). The fraction of sp³-hybridized carbons (Fsp3) is 0.120. The molecule has 3 aromatic rings. The van der Waals surface area contributed by atoms with Gasteiger partial charge < -0.3 is 9.47 Å². The van der Waals surface area contributed by atoms with E-state index in [2.05, 4.69) is 15.9 Å². The molecule has 35 heavy (non-hydrogen) atoms. The van der Waals surface area contributed by atoms with Crippen LogP contribution in [0.3, 0.4) is 0 Å². The van der Waals surface area contributed by atoms with Gasteiger partial charge in [-0.3, -0.25) is 14.5 Å². The summed E-state index contributed by atoms with van der Waals surface area (Å²) in [6, 6.07) is 15.9. The highest BCUT2D eigenvalue weighted by Gasteiger charge is 2.35. The molecule has 0 saturated carbocycles. The second kappa shape index (κ2) is 11.3. The molecule has 0 aromatic heterocycles. The summed E-state index contributed by atoms with van der Waals surface area (Å²) in [5, 5.41) is 1.01. The van der Waals surface area contributed by atoms with E-state index in [4.69, 9.17) is 44.3 Å². The molecule has 0 unspecified atom stereocenters. The van der Waals surface area contributed by atoms with Crippen LogP contribution in [-0.2, 0) is 17.9 Å². The van der Waals surface area contributed by atoms with Gasteiger partial charge in [0.1, 0.15) is 6.61 Å². The molecule has 10 heteroatoms. The summed E-state index contributed by atoms with van der Waals surface area (Å²) in [7, 11) is 1.53. The number of benzene rings is 3. The third kappa shape index (κ3) is 5.98. The van der Waals surface area contributed by atoms with Gasteiger partial charge >= 0.3 is 0 Å². The zero-order chi connectivity index (χ0) is 25.1. The molecule has 1 aliphatic rings. The smallest absolute Gasteiger partial charge is 0.293 e. The van der Waals surface area contributed by atoms with Gasteiger partial charge in [-0.2, -0.15) is 0 Å². The Morgan fingerprint density at radius 2 is 1.77 bits per heavy atom. The first kappa shape index (κ1) is 25.9. The molecule has 0 aliphatic carbocycles. The first-order chi connectivity index (χ1) is 16.8. The van der Waals surface area contributed by atoms with Gasteiger partial charge in [0.2, 0.25) is 0 Å². The minimum atomic E-state index is -0.389. The van der Waals surface area contributed by atoms with E-state index in [0.717, 1.165) is 17.3 Å². The van der Waals surface area contributed by atoms with E-state index >= 15 is 0 Å². The second-order valence-corrected chi connectivity index (χ2v) is 10.5. The van der Waals surface area contributed by atoms with Gasteiger partial charge in [-0.05, 0) is 75.2 Å². The van der Waals surface area contributed by atoms with Crippen molar-refractivity contribution in [3.8, 4) is 11.5 Å². The molecule has 0 N–H and O–H groups in total. The number of ether oxygens (including phenoxy) is 2. The van der Waals surface area contributed by atoms with Crippen molar-refractivity contribution in [3.63, 3.8) is 0 Å². The van der Waals surface area contributed by atoms with Crippen molar-refractivity contribution in [1.29, 1.82) is 0 Å². The Morgan fingerprint density at radius 1 is 1.00 bits per heavy atom. The largest absolute Gasteiger partial charge is 0.493 e.